The average molecular weight is 1520 g/mol. The molecule has 7 heterocycles. The first-order valence-corrected chi connectivity index (χ1v) is 34.0. The van der Waals surface area contributed by atoms with Gasteiger partial charge < -0.3 is 128 Å². The highest BCUT2D eigenvalue weighted by atomic mass is 35.5. The maximum Gasteiger partial charge on any atom is 0.248 e. The van der Waals surface area contributed by atoms with Crippen LogP contribution in [-0.4, -0.2) is 199 Å². The van der Waals surface area contributed by atoms with Crippen molar-refractivity contribution in [3.63, 3.8) is 0 Å². The standard InChI is InChI=1S/C68H79Cl2N13O23/c1-25(2)14-36(74-5)60(94)81-51-53(89)28-7-10-40(34(69)16-28)102-42-18-30-19-43(57(42)106-67-58(56(92)55(91)44(24-84)104-67)105-46-23-68(4,72)59(93)26(3)101-46)103-41-11-8-29(17-35(41)70)54(90)52-66(100)80-50(62(96)75-12-13-76-83-73)33-20-31(85)21-39(87)47(33)32-15-27(6-9-38(32)86)48(63(97)82-52)79-64(98)49(30)78-61(95)37(22-45(71)88)77-65(51)99/h6-11,15-21,25-26,36-37,44,46,48-56,58-59,67,74,84-87,89-93H,12-14,22-24,72H2,1-5H3,(H2,71,88)(H,75,96)(H,77,99)(H,78,95)(H,79,98)(H,80,100)(H,81,94)(H,82,97)/t26-,36+,37-,44+,46-,48+,49+,50-,51+,52-,53+,54+,55+,56-,58+,59+,67-,68-/m0/s1. The van der Waals surface area contributed by atoms with E-state index in [9.17, 15) is 65.1 Å². The Bertz CT molecular complexity index is 4280. The molecule has 5 aromatic rings. The normalized spacial score (nSPS) is 28.5. The molecule has 38 heteroatoms. The van der Waals surface area contributed by atoms with Crippen LogP contribution in [0.15, 0.2) is 84.0 Å². The van der Waals surface area contributed by atoms with Crippen LogP contribution < -0.4 is 68.2 Å². The van der Waals surface area contributed by atoms with Crippen LogP contribution in [0.3, 0.4) is 0 Å². The monoisotopic (exact) mass is 1520 g/mol. The van der Waals surface area contributed by atoms with E-state index >= 15 is 19.2 Å². The van der Waals surface area contributed by atoms with Gasteiger partial charge in [-0.3, -0.25) is 38.4 Å². The summed E-state index contributed by atoms with van der Waals surface area (Å²) >= 11 is 14.2. The van der Waals surface area contributed by atoms with Crippen LogP contribution in [0.25, 0.3) is 21.6 Å². The molecule has 18 atom stereocenters. The number of azide groups is 1. The highest BCUT2D eigenvalue weighted by Gasteiger charge is 2.52. The van der Waals surface area contributed by atoms with Gasteiger partial charge in [-0.25, -0.2) is 0 Å². The van der Waals surface area contributed by atoms with Gasteiger partial charge in [-0.1, -0.05) is 60.4 Å². The fourth-order valence-electron chi connectivity index (χ4n) is 12.9. The molecule has 11 bridgehead atoms. The zero-order valence-electron chi connectivity index (χ0n) is 57.1. The number of hydrogen-bond acceptors (Lipinski definition) is 26. The highest BCUT2D eigenvalue weighted by Crippen LogP contribution is 2.50. The Hall–Kier alpha value is -9.89. The maximum atomic E-state index is 16.1. The van der Waals surface area contributed by atoms with E-state index in [1.165, 1.54) is 33.0 Å². The average Bonchev–Trinajstić information content (AvgIpc) is 0.768. The lowest BCUT2D eigenvalue weighted by molar-refractivity contribution is -0.333. The number of aromatic hydroxyl groups is 3. The van der Waals surface area contributed by atoms with E-state index in [0.29, 0.717) is 0 Å². The molecule has 568 valence electrons. The summed E-state index contributed by atoms with van der Waals surface area (Å²) in [7, 11) is 1.47. The second kappa shape index (κ2) is 32.9. The third-order valence-electron chi connectivity index (χ3n) is 18.4. The molecule has 21 N–H and O–H groups in total. The van der Waals surface area contributed by atoms with Crippen molar-refractivity contribution in [1.82, 2.24) is 42.5 Å². The molecule has 0 saturated carbocycles. The number of ether oxygens (including phenoxy) is 6. The number of halogens is 2. The van der Waals surface area contributed by atoms with Gasteiger partial charge in [0.25, 0.3) is 0 Å². The SMILES string of the molecule is CN[C@H](CC(C)C)C(=O)N[C@H]1C(=O)N[C@@H](CC(N)=O)C(=O)N[C@H]2C(=O)N[C@H]3C(=O)N[C@H](C(=O)N[C@H](C(=O)NCCN=[N+]=[N-])c4cc(O)cc(O)c4-c4cc3ccc4O)[C@H](O)c3ccc(c(Cl)c3)Oc3cc2cc(c3O[C@@H]2O[C@H](CO)[C@@H](O)[C@H](O)[C@H]2O[C@H]2C[C@](C)(N)[C@H](O)[C@H](C)O2)Oc2ccc(cc2Cl)[C@H]1O. The Morgan fingerprint density at radius 2 is 1.38 bits per heavy atom. The second-order valence-corrected chi connectivity index (χ2v) is 27.4. The number of carbonyl (C=O) groups is 8. The molecule has 0 radical (unpaired) electrons. The first kappa shape index (κ1) is 78.7. The first-order chi connectivity index (χ1) is 50.2. The first-order valence-electron chi connectivity index (χ1n) is 33.2. The predicted octanol–water partition coefficient (Wildman–Crippen LogP) is 0.448. The molecule has 36 nitrogen and oxygen atoms in total. The lowest BCUT2D eigenvalue weighted by atomic mass is 9.86. The van der Waals surface area contributed by atoms with Gasteiger partial charge in [0.2, 0.25) is 59.3 Å². The van der Waals surface area contributed by atoms with Gasteiger partial charge in [0.15, 0.2) is 23.9 Å². The van der Waals surface area contributed by atoms with Gasteiger partial charge in [0.05, 0.1) is 41.3 Å². The van der Waals surface area contributed by atoms with E-state index in [0.717, 1.165) is 66.7 Å². The fraction of sp³-hybridized carbons (Fsp3) is 0.441. The Morgan fingerprint density at radius 1 is 0.755 bits per heavy atom. The molecule has 8 amide bonds. The number of nitrogens with one attached hydrogen (secondary N) is 8. The van der Waals surface area contributed by atoms with Crippen molar-refractivity contribution in [3.8, 4) is 57.1 Å². The lowest BCUT2D eigenvalue weighted by Crippen LogP contribution is -2.64. The molecule has 7 aliphatic heterocycles. The zero-order chi connectivity index (χ0) is 77.1. The summed E-state index contributed by atoms with van der Waals surface area (Å²) in [6, 6.07) is -0.190. The lowest BCUT2D eigenvalue weighted by Gasteiger charge is -2.47. The number of nitrogens with two attached hydrogens (primary N) is 2. The summed E-state index contributed by atoms with van der Waals surface area (Å²) in [6.45, 7) is 4.97. The zero-order valence-corrected chi connectivity index (χ0v) is 58.6. The number of phenols is 3. The van der Waals surface area contributed by atoms with Crippen molar-refractivity contribution in [2.45, 2.75) is 156 Å². The number of hydrogen-bond donors (Lipinski definition) is 19. The largest absolute Gasteiger partial charge is 0.508 e. The van der Waals surface area contributed by atoms with Crippen molar-refractivity contribution < 1.29 is 113 Å². The third kappa shape index (κ3) is 17.2. The number of primary amides is 1. The minimum absolute atomic E-state index is 0.102. The second-order valence-electron chi connectivity index (χ2n) is 26.6. The van der Waals surface area contributed by atoms with Crippen LogP contribution in [0.2, 0.25) is 10.0 Å². The number of nitrogens with zero attached hydrogens (tertiary/aromatic N) is 3. The molecule has 0 aliphatic carbocycles. The number of fused-ring (bicyclic) bond motifs is 15. The summed E-state index contributed by atoms with van der Waals surface area (Å²) in [4.78, 5) is 122. The van der Waals surface area contributed by atoms with Gasteiger partial charge in [-0.05, 0) is 121 Å². The molecule has 0 unspecified atom stereocenters. The highest BCUT2D eigenvalue weighted by molar-refractivity contribution is 6.32. The quantitative estimate of drug-likeness (QED) is 0.0276. The Labute approximate surface area is 612 Å². The molecule has 7 aliphatic rings. The minimum atomic E-state index is -2.35. The molecular formula is C68H79Cl2N13O23. The van der Waals surface area contributed by atoms with Gasteiger partial charge in [0, 0.05) is 47.2 Å². The molecule has 5 aromatic carbocycles. The number of aliphatic hydroxyl groups excluding tert-OH is 6. The smallest absolute Gasteiger partial charge is 0.248 e. The Balaban J connectivity index is 1.24. The van der Waals surface area contributed by atoms with Crippen LogP contribution in [-0.2, 0) is 52.6 Å². The van der Waals surface area contributed by atoms with Crippen LogP contribution in [0.1, 0.15) is 105 Å². The van der Waals surface area contributed by atoms with E-state index in [1.54, 1.807) is 0 Å². The van der Waals surface area contributed by atoms with Gasteiger partial charge in [-0.15, -0.1) is 0 Å². The van der Waals surface area contributed by atoms with Gasteiger partial charge in [-0.2, -0.15) is 0 Å². The van der Waals surface area contributed by atoms with Crippen molar-refractivity contribution in [2.75, 3.05) is 26.7 Å². The summed E-state index contributed by atoms with van der Waals surface area (Å²) < 4.78 is 38.4. The minimum Gasteiger partial charge on any atom is -0.508 e. The summed E-state index contributed by atoms with van der Waals surface area (Å²) in [5.41, 5.74) is 17.3. The van der Waals surface area contributed by atoms with E-state index in [2.05, 4.69) is 52.6 Å². The van der Waals surface area contributed by atoms with Crippen LogP contribution in [0.5, 0.6) is 46.0 Å². The number of amides is 8. The summed E-state index contributed by atoms with van der Waals surface area (Å²) in [6.07, 6.45) is -18.6. The van der Waals surface area contributed by atoms with E-state index < -0.39 is 237 Å². The van der Waals surface area contributed by atoms with Crippen molar-refractivity contribution in [2.24, 2.45) is 22.5 Å². The molecular weight excluding hydrogens is 1440 g/mol. The van der Waals surface area contributed by atoms with E-state index in [4.69, 9.17) is 68.6 Å². The van der Waals surface area contributed by atoms with Crippen molar-refractivity contribution >= 4 is 70.5 Å². The third-order valence-corrected chi connectivity index (χ3v) is 19.0. The number of phenolic OH excluding ortho intramolecular Hbond substituents is 3. The maximum absolute atomic E-state index is 16.1. The Morgan fingerprint density at radius 3 is 1.98 bits per heavy atom. The topological polar surface area (TPSA) is 571 Å². The van der Waals surface area contributed by atoms with E-state index in [1.807, 2.05) is 13.8 Å². The molecule has 2 fully saturated rings. The molecule has 0 aromatic heterocycles. The van der Waals surface area contributed by atoms with Gasteiger partial charge >= 0.3 is 0 Å². The molecule has 106 heavy (non-hydrogen) atoms. The number of likely N-dealkylation sites (N-methyl/N-ethyl adjacent to an activating group) is 1. The number of rotatable bonds is 16. The van der Waals surface area contributed by atoms with E-state index in [-0.39, 0.29) is 59.3 Å². The number of benzene rings is 5. The molecule has 12 rings (SSSR count). The Kier molecular flexibility index (Phi) is 24.4. The van der Waals surface area contributed by atoms with Crippen LogP contribution in [0, 0.1) is 5.92 Å². The number of aliphatic hydroxyl groups is 6. The van der Waals surface area contributed by atoms with Gasteiger partial charge in [0.1, 0.15) is 95.5 Å². The van der Waals surface area contributed by atoms with Crippen LogP contribution in [0.4, 0.5) is 0 Å². The number of carbonyl (C=O) groups excluding carboxylic acids is 8. The molecule has 2 saturated heterocycles. The van der Waals surface area contributed by atoms with Crippen LogP contribution >= 0.6 is 23.2 Å². The predicted molar refractivity (Wildman–Crippen MR) is 369 cm³/mol. The molecule has 0 spiro atoms. The van der Waals surface area contributed by atoms with Crippen molar-refractivity contribution in [3.05, 3.63) is 127 Å². The fourth-order valence-corrected chi connectivity index (χ4v) is 13.3. The van der Waals surface area contributed by atoms with Crippen molar-refractivity contribution in [1.29, 1.82) is 0 Å². The summed E-state index contributed by atoms with van der Waals surface area (Å²) in [5.74, 6) is -15.1. The summed E-state index contributed by atoms with van der Waals surface area (Å²) in [5, 5.41) is 127.